The molecule has 0 radical (unpaired) electrons. The van der Waals surface area contributed by atoms with Crippen LogP contribution in [0.2, 0.25) is 5.02 Å². The van der Waals surface area contributed by atoms with E-state index in [2.05, 4.69) is 16.3 Å². The van der Waals surface area contributed by atoms with Crippen LogP contribution in [0.5, 0.6) is 0 Å². The predicted molar refractivity (Wildman–Crippen MR) is 127 cm³/mol. The van der Waals surface area contributed by atoms with Crippen molar-refractivity contribution in [2.75, 3.05) is 0 Å². The summed E-state index contributed by atoms with van der Waals surface area (Å²) in [6, 6.07) is 18.1. The first-order valence-electron chi connectivity index (χ1n) is 10.1. The molecular formula is C26H20ClFN2O2. The molecule has 1 heterocycles. The number of carboxylic acids is 1. The Morgan fingerprint density at radius 1 is 1.09 bits per heavy atom. The molecule has 0 amide bonds. The van der Waals surface area contributed by atoms with Crippen LogP contribution >= 0.6 is 11.6 Å². The molecule has 0 bridgehead atoms. The monoisotopic (exact) mass is 446 g/mol. The highest BCUT2D eigenvalue weighted by atomic mass is 35.5. The lowest BCUT2D eigenvalue weighted by Crippen LogP contribution is -1.96. The molecule has 4 aromatic rings. The van der Waals surface area contributed by atoms with Crippen LogP contribution in [0.4, 0.5) is 4.39 Å². The second-order valence-corrected chi connectivity index (χ2v) is 7.70. The van der Waals surface area contributed by atoms with Crippen molar-refractivity contribution in [3.05, 3.63) is 106 Å². The number of aromatic nitrogens is 2. The van der Waals surface area contributed by atoms with Crippen LogP contribution in [-0.2, 0) is 4.79 Å². The number of fused-ring (bicyclic) bond motifs is 1. The summed E-state index contributed by atoms with van der Waals surface area (Å²) >= 11 is 6.44. The summed E-state index contributed by atoms with van der Waals surface area (Å²) in [5.74, 6) is -1.38. The molecule has 0 spiro atoms. The van der Waals surface area contributed by atoms with Crippen LogP contribution in [-0.4, -0.2) is 21.3 Å². The zero-order valence-electron chi connectivity index (χ0n) is 17.3. The Bertz CT molecular complexity index is 1350. The van der Waals surface area contributed by atoms with E-state index >= 15 is 0 Å². The number of nitrogens with zero attached hydrogens (tertiary/aromatic N) is 1. The minimum Gasteiger partial charge on any atom is -0.478 e. The smallest absolute Gasteiger partial charge is 0.328 e. The molecular weight excluding hydrogens is 427 g/mol. The molecule has 4 rings (SSSR count). The number of halogens is 2. The van der Waals surface area contributed by atoms with Gasteiger partial charge in [0.25, 0.3) is 0 Å². The van der Waals surface area contributed by atoms with Gasteiger partial charge in [-0.2, -0.15) is 5.10 Å². The second-order valence-electron chi connectivity index (χ2n) is 7.30. The number of carbonyl (C=O) groups is 1. The summed E-state index contributed by atoms with van der Waals surface area (Å²) in [6.45, 7) is 2.04. The van der Waals surface area contributed by atoms with Crippen molar-refractivity contribution < 1.29 is 14.3 Å². The van der Waals surface area contributed by atoms with E-state index in [1.54, 1.807) is 18.3 Å². The number of hydrogen-bond donors (Lipinski definition) is 2. The Balaban J connectivity index is 1.93. The Labute approximate surface area is 189 Å². The normalized spacial score (nSPS) is 12.3. The fraction of sp³-hybridized carbons (Fsp3) is 0.0769. The summed E-state index contributed by atoms with van der Waals surface area (Å²) in [7, 11) is 0. The SMILES string of the molecule is CC/C(=C(\c1ccc(/C=C/C(=O)O)cc1)c1ccc2[nH]ncc2c1)c1ccc(F)cc1Cl. The van der Waals surface area contributed by atoms with Gasteiger partial charge < -0.3 is 5.11 Å². The first-order valence-corrected chi connectivity index (χ1v) is 10.5. The van der Waals surface area contributed by atoms with Gasteiger partial charge in [0.2, 0.25) is 0 Å². The maximum atomic E-state index is 13.7. The molecule has 0 saturated heterocycles. The Kier molecular flexibility index (Phi) is 6.19. The van der Waals surface area contributed by atoms with E-state index in [-0.39, 0.29) is 5.82 Å². The maximum Gasteiger partial charge on any atom is 0.328 e. The largest absolute Gasteiger partial charge is 0.478 e. The molecule has 1 aromatic heterocycles. The summed E-state index contributed by atoms with van der Waals surface area (Å²) in [4.78, 5) is 10.8. The van der Waals surface area contributed by atoms with Gasteiger partial charge in [-0.05, 0) is 70.2 Å². The topological polar surface area (TPSA) is 66.0 Å². The number of H-pyrrole nitrogens is 1. The number of nitrogens with one attached hydrogen (secondary N) is 1. The number of aromatic amines is 1. The molecule has 0 unspecified atom stereocenters. The van der Waals surface area contributed by atoms with Gasteiger partial charge in [0.1, 0.15) is 5.82 Å². The standard InChI is InChI=1S/C26H20ClFN2O2/c1-2-21(22-10-9-20(28)14-23(22)27)26(18-8-11-24-19(13-18)15-29-30-24)17-6-3-16(4-7-17)5-12-25(31)32/h3-15H,2H2,1H3,(H,29,30)(H,31,32)/b12-5+,26-21-. The van der Waals surface area contributed by atoms with E-state index in [9.17, 15) is 9.18 Å². The van der Waals surface area contributed by atoms with Crippen LogP contribution in [0.3, 0.4) is 0 Å². The highest BCUT2D eigenvalue weighted by Gasteiger charge is 2.16. The van der Waals surface area contributed by atoms with Crippen LogP contribution in [0.1, 0.15) is 35.6 Å². The summed E-state index contributed by atoms with van der Waals surface area (Å²) in [5, 5.41) is 17.3. The average molecular weight is 447 g/mol. The average Bonchev–Trinajstić information content (AvgIpc) is 3.25. The van der Waals surface area contributed by atoms with E-state index in [1.165, 1.54) is 12.1 Å². The lowest BCUT2D eigenvalue weighted by molar-refractivity contribution is -0.131. The first-order chi connectivity index (χ1) is 15.5. The van der Waals surface area contributed by atoms with Crippen molar-refractivity contribution in [3.8, 4) is 0 Å². The number of aliphatic carboxylic acids is 1. The van der Waals surface area contributed by atoms with E-state index in [1.807, 2.05) is 43.3 Å². The van der Waals surface area contributed by atoms with Gasteiger partial charge in [0.05, 0.1) is 16.7 Å². The van der Waals surface area contributed by atoms with Crippen molar-refractivity contribution in [1.82, 2.24) is 10.2 Å². The third-order valence-electron chi connectivity index (χ3n) is 5.26. The number of carboxylic acid groups (broad SMARTS) is 1. The number of rotatable bonds is 6. The Morgan fingerprint density at radius 3 is 2.53 bits per heavy atom. The van der Waals surface area contributed by atoms with Gasteiger partial charge in [0.15, 0.2) is 0 Å². The van der Waals surface area contributed by atoms with E-state index in [0.717, 1.165) is 50.4 Å². The molecule has 0 fully saturated rings. The third-order valence-corrected chi connectivity index (χ3v) is 5.57. The van der Waals surface area contributed by atoms with E-state index in [4.69, 9.17) is 16.7 Å². The minimum absolute atomic E-state index is 0.352. The molecule has 32 heavy (non-hydrogen) atoms. The lowest BCUT2D eigenvalue weighted by atomic mass is 9.87. The maximum absolute atomic E-state index is 13.7. The van der Waals surface area contributed by atoms with Gasteiger partial charge >= 0.3 is 5.97 Å². The summed E-state index contributed by atoms with van der Waals surface area (Å²) in [6.07, 6.45) is 5.09. The number of benzene rings is 3. The molecule has 0 aliphatic carbocycles. The molecule has 0 aliphatic heterocycles. The molecule has 4 nitrogen and oxygen atoms in total. The van der Waals surface area contributed by atoms with Crippen molar-refractivity contribution in [2.45, 2.75) is 13.3 Å². The van der Waals surface area contributed by atoms with Crippen molar-refractivity contribution in [2.24, 2.45) is 0 Å². The van der Waals surface area contributed by atoms with Crippen LogP contribution in [0.15, 0.2) is 72.9 Å². The van der Waals surface area contributed by atoms with Crippen LogP contribution < -0.4 is 0 Å². The molecule has 3 aromatic carbocycles. The molecule has 160 valence electrons. The highest BCUT2D eigenvalue weighted by Crippen LogP contribution is 2.38. The van der Waals surface area contributed by atoms with Gasteiger partial charge in [-0.1, -0.05) is 54.9 Å². The lowest BCUT2D eigenvalue weighted by Gasteiger charge is -2.17. The third kappa shape index (κ3) is 4.48. The minimum atomic E-state index is -0.998. The Hall–Kier alpha value is -3.70. The number of hydrogen-bond acceptors (Lipinski definition) is 2. The van der Waals surface area contributed by atoms with Crippen LogP contribution in [0, 0.1) is 5.82 Å². The summed E-state index contributed by atoms with van der Waals surface area (Å²) in [5.41, 5.74) is 6.35. The molecule has 0 aliphatic rings. The van der Waals surface area contributed by atoms with Gasteiger partial charge in [-0.3, -0.25) is 5.10 Å². The quantitative estimate of drug-likeness (QED) is 0.252. The van der Waals surface area contributed by atoms with Crippen molar-refractivity contribution in [3.63, 3.8) is 0 Å². The van der Waals surface area contributed by atoms with Gasteiger partial charge in [-0.25, -0.2) is 9.18 Å². The number of allylic oxidation sites excluding steroid dienone is 1. The predicted octanol–water partition coefficient (Wildman–Crippen LogP) is 6.82. The second kappa shape index (κ2) is 9.20. The summed E-state index contributed by atoms with van der Waals surface area (Å²) < 4.78 is 13.7. The molecule has 2 N–H and O–H groups in total. The van der Waals surface area contributed by atoms with E-state index in [0.29, 0.717) is 11.4 Å². The molecule has 0 atom stereocenters. The Morgan fingerprint density at radius 2 is 1.84 bits per heavy atom. The highest BCUT2D eigenvalue weighted by molar-refractivity contribution is 6.32. The van der Waals surface area contributed by atoms with Gasteiger partial charge in [0, 0.05) is 11.5 Å². The van der Waals surface area contributed by atoms with Crippen LogP contribution in [0.25, 0.3) is 28.1 Å². The molecule has 6 heteroatoms. The molecule has 0 saturated carbocycles. The van der Waals surface area contributed by atoms with Crippen molar-refractivity contribution in [1.29, 1.82) is 0 Å². The fourth-order valence-corrected chi connectivity index (χ4v) is 4.06. The van der Waals surface area contributed by atoms with Gasteiger partial charge in [-0.15, -0.1) is 0 Å². The fourth-order valence-electron chi connectivity index (χ4n) is 3.78. The van der Waals surface area contributed by atoms with Crippen molar-refractivity contribution >= 4 is 45.7 Å². The first kappa shape index (κ1) is 21.5. The zero-order chi connectivity index (χ0) is 22.7. The van der Waals surface area contributed by atoms with E-state index < -0.39 is 5.97 Å². The zero-order valence-corrected chi connectivity index (χ0v) is 18.0.